The van der Waals surface area contributed by atoms with E-state index in [1.165, 1.54) is 11.3 Å². The Kier molecular flexibility index (Phi) is 1.94. The van der Waals surface area contributed by atoms with Crippen LogP contribution in [0, 0.1) is 0 Å². The minimum absolute atomic E-state index is 0.573. The fraction of sp³-hybridized carbons (Fsp3) is 0.556. The van der Waals surface area contributed by atoms with Crippen molar-refractivity contribution in [1.29, 1.82) is 0 Å². The molecule has 2 rings (SSSR count). The Morgan fingerprint density at radius 1 is 1.58 bits per heavy atom. The second kappa shape index (κ2) is 2.83. The number of aliphatic hydroxyl groups excluding tert-OH is 1. The van der Waals surface area contributed by atoms with Gasteiger partial charge in [0.2, 0.25) is 0 Å². The molecule has 1 heterocycles. The molecule has 3 heteroatoms. The molecule has 1 aromatic rings. The molecule has 66 valence electrons. The minimum atomic E-state index is -0.950. The summed E-state index contributed by atoms with van der Waals surface area (Å²) in [4.78, 5) is 0.896. The zero-order valence-corrected chi connectivity index (χ0v) is 7.55. The highest BCUT2D eigenvalue weighted by molar-refractivity contribution is 7.10. The number of aliphatic hydroxyl groups is 2. The second-order valence-corrected chi connectivity index (χ2v) is 4.26. The number of rotatable bonds is 1. The van der Waals surface area contributed by atoms with Gasteiger partial charge in [0.1, 0.15) is 5.60 Å². The van der Waals surface area contributed by atoms with Crippen LogP contribution >= 0.6 is 11.3 Å². The van der Waals surface area contributed by atoms with Crippen LogP contribution in [0.2, 0.25) is 0 Å². The Labute approximate surface area is 75.5 Å². The van der Waals surface area contributed by atoms with E-state index in [9.17, 15) is 10.2 Å². The predicted octanol–water partition coefficient (Wildman–Crippen LogP) is 1.48. The second-order valence-electron chi connectivity index (χ2n) is 3.31. The Morgan fingerprint density at radius 3 is 2.92 bits per heavy atom. The molecule has 2 nitrogen and oxygen atoms in total. The number of thiophene rings is 1. The smallest absolute Gasteiger partial charge is 0.124 e. The van der Waals surface area contributed by atoms with Crippen LogP contribution in [-0.2, 0) is 5.60 Å². The normalized spacial score (nSPS) is 35.7. The lowest BCUT2D eigenvalue weighted by Gasteiger charge is -2.24. The molecule has 0 amide bonds. The zero-order chi connectivity index (χ0) is 8.60. The summed E-state index contributed by atoms with van der Waals surface area (Å²) in [5.74, 6) is 0. The summed E-state index contributed by atoms with van der Waals surface area (Å²) in [6, 6.07) is 3.79. The molecule has 0 saturated heterocycles. The molecule has 0 aromatic carbocycles. The average molecular weight is 184 g/mol. The molecule has 2 N–H and O–H groups in total. The van der Waals surface area contributed by atoms with Gasteiger partial charge in [0.15, 0.2) is 0 Å². The van der Waals surface area contributed by atoms with Crippen LogP contribution in [-0.4, -0.2) is 16.3 Å². The lowest BCUT2D eigenvalue weighted by atomic mass is 9.98. The van der Waals surface area contributed by atoms with E-state index < -0.39 is 11.7 Å². The van der Waals surface area contributed by atoms with Crippen LogP contribution < -0.4 is 0 Å². The predicted molar refractivity (Wildman–Crippen MR) is 48.1 cm³/mol. The fourth-order valence-electron chi connectivity index (χ4n) is 1.78. The van der Waals surface area contributed by atoms with Crippen LogP contribution in [0.5, 0.6) is 0 Å². The van der Waals surface area contributed by atoms with E-state index in [1.807, 2.05) is 17.5 Å². The maximum atomic E-state index is 10.1. The van der Waals surface area contributed by atoms with Crippen molar-refractivity contribution in [2.45, 2.75) is 31.0 Å². The quantitative estimate of drug-likeness (QED) is 0.694. The summed E-state index contributed by atoms with van der Waals surface area (Å²) in [5, 5.41) is 21.6. The lowest BCUT2D eigenvalue weighted by molar-refractivity contribution is -0.0552. The maximum Gasteiger partial charge on any atom is 0.124 e. The van der Waals surface area contributed by atoms with Crippen molar-refractivity contribution in [1.82, 2.24) is 0 Å². The Balaban J connectivity index is 2.32. The first-order chi connectivity index (χ1) is 5.73. The number of hydrogen-bond donors (Lipinski definition) is 2. The van der Waals surface area contributed by atoms with Crippen molar-refractivity contribution in [3.8, 4) is 0 Å². The van der Waals surface area contributed by atoms with Gasteiger partial charge >= 0.3 is 0 Å². The van der Waals surface area contributed by atoms with Crippen LogP contribution in [0.15, 0.2) is 17.5 Å². The Bertz CT molecular complexity index is 258. The summed E-state index contributed by atoms with van der Waals surface area (Å²) in [6.45, 7) is 0. The SMILES string of the molecule is OC1CCCC1(O)c1cccs1. The summed E-state index contributed by atoms with van der Waals surface area (Å²) >= 11 is 1.51. The van der Waals surface area contributed by atoms with Crippen LogP contribution in [0.25, 0.3) is 0 Å². The van der Waals surface area contributed by atoms with E-state index >= 15 is 0 Å². The van der Waals surface area contributed by atoms with E-state index in [0.29, 0.717) is 12.8 Å². The molecule has 1 saturated carbocycles. The molecule has 2 unspecified atom stereocenters. The molecule has 1 aliphatic carbocycles. The van der Waals surface area contributed by atoms with E-state index in [2.05, 4.69) is 0 Å². The number of hydrogen-bond acceptors (Lipinski definition) is 3. The van der Waals surface area contributed by atoms with Crippen molar-refractivity contribution in [3.63, 3.8) is 0 Å². The molecule has 1 aromatic heterocycles. The molecule has 0 bridgehead atoms. The highest BCUT2D eigenvalue weighted by atomic mass is 32.1. The molecule has 0 radical (unpaired) electrons. The average Bonchev–Trinajstić information content (AvgIpc) is 2.62. The Morgan fingerprint density at radius 2 is 2.42 bits per heavy atom. The minimum Gasteiger partial charge on any atom is -0.390 e. The van der Waals surface area contributed by atoms with E-state index in [-0.39, 0.29) is 0 Å². The Hall–Kier alpha value is -0.380. The molecular formula is C9H12O2S. The highest BCUT2D eigenvalue weighted by Crippen LogP contribution is 2.40. The van der Waals surface area contributed by atoms with Gasteiger partial charge in [0.25, 0.3) is 0 Å². The van der Waals surface area contributed by atoms with Gasteiger partial charge < -0.3 is 10.2 Å². The summed E-state index contributed by atoms with van der Waals surface area (Å²) < 4.78 is 0. The topological polar surface area (TPSA) is 40.5 Å². The molecule has 12 heavy (non-hydrogen) atoms. The molecule has 0 aliphatic heterocycles. The van der Waals surface area contributed by atoms with Gasteiger partial charge in [-0.3, -0.25) is 0 Å². The summed E-state index contributed by atoms with van der Waals surface area (Å²) in [7, 11) is 0. The van der Waals surface area contributed by atoms with Crippen molar-refractivity contribution in [3.05, 3.63) is 22.4 Å². The van der Waals surface area contributed by atoms with Crippen LogP contribution in [0.1, 0.15) is 24.1 Å². The molecule has 1 fully saturated rings. The van der Waals surface area contributed by atoms with Gasteiger partial charge in [-0.1, -0.05) is 6.07 Å². The van der Waals surface area contributed by atoms with Gasteiger partial charge in [-0.25, -0.2) is 0 Å². The standard InChI is InChI=1S/C9H12O2S/c10-7-3-1-5-9(7,11)8-4-2-6-12-8/h2,4,6-7,10-11H,1,3,5H2. The summed E-state index contributed by atoms with van der Waals surface area (Å²) in [5.41, 5.74) is -0.950. The first kappa shape index (κ1) is 8.23. The van der Waals surface area contributed by atoms with E-state index in [4.69, 9.17) is 0 Å². The first-order valence-electron chi connectivity index (χ1n) is 4.18. The van der Waals surface area contributed by atoms with Crippen molar-refractivity contribution in [2.24, 2.45) is 0 Å². The molecule has 1 aliphatic rings. The third-order valence-electron chi connectivity index (χ3n) is 2.53. The van der Waals surface area contributed by atoms with Gasteiger partial charge in [-0.15, -0.1) is 11.3 Å². The van der Waals surface area contributed by atoms with Crippen molar-refractivity contribution in [2.75, 3.05) is 0 Å². The molecule has 0 spiro atoms. The van der Waals surface area contributed by atoms with E-state index in [0.717, 1.165) is 11.3 Å². The third kappa shape index (κ3) is 1.09. The monoisotopic (exact) mass is 184 g/mol. The molecule has 2 atom stereocenters. The van der Waals surface area contributed by atoms with Gasteiger partial charge in [-0.05, 0) is 30.7 Å². The van der Waals surface area contributed by atoms with Gasteiger partial charge in [0, 0.05) is 4.88 Å². The lowest BCUT2D eigenvalue weighted by Crippen LogP contribution is -2.33. The summed E-state index contributed by atoms with van der Waals surface area (Å²) in [6.07, 6.45) is 1.75. The third-order valence-corrected chi connectivity index (χ3v) is 3.57. The highest BCUT2D eigenvalue weighted by Gasteiger charge is 2.42. The fourth-order valence-corrected chi connectivity index (χ4v) is 2.69. The largest absolute Gasteiger partial charge is 0.390 e. The van der Waals surface area contributed by atoms with Gasteiger partial charge in [-0.2, -0.15) is 0 Å². The van der Waals surface area contributed by atoms with Crippen molar-refractivity contribution < 1.29 is 10.2 Å². The zero-order valence-electron chi connectivity index (χ0n) is 6.73. The van der Waals surface area contributed by atoms with Crippen LogP contribution in [0.3, 0.4) is 0 Å². The molecular weight excluding hydrogens is 172 g/mol. The van der Waals surface area contributed by atoms with E-state index in [1.54, 1.807) is 0 Å². The maximum absolute atomic E-state index is 10.1. The van der Waals surface area contributed by atoms with Gasteiger partial charge in [0.05, 0.1) is 6.10 Å². The first-order valence-corrected chi connectivity index (χ1v) is 5.06. The van der Waals surface area contributed by atoms with Crippen LogP contribution in [0.4, 0.5) is 0 Å². The van der Waals surface area contributed by atoms with Crippen molar-refractivity contribution >= 4 is 11.3 Å².